The van der Waals surface area contributed by atoms with Crippen LogP contribution in [-0.2, 0) is 17.6 Å². The molecule has 0 unspecified atom stereocenters. The van der Waals surface area contributed by atoms with E-state index >= 15 is 0 Å². The van der Waals surface area contributed by atoms with E-state index in [0.29, 0.717) is 11.9 Å². The second-order valence-corrected chi connectivity index (χ2v) is 10.2. The molecule has 8 nitrogen and oxygen atoms in total. The lowest BCUT2D eigenvalue weighted by molar-refractivity contribution is -0.131. The smallest absolute Gasteiger partial charge is 0.245 e. The minimum absolute atomic E-state index is 0.128. The first-order chi connectivity index (χ1) is 16.3. The molecule has 2 N–H and O–H groups in total. The van der Waals surface area contributed by atoms with E-state index < -0.39 is 0 Å². The third kappa shape index (κ3) is 4.08. The molecule has 33 heavy (non-hydrogen) atoms. The van der Waals surface area contributed by atoms with Gasteiger partial charge in [0.05, 0.1) is 5.69 Å². The number of H-pyrrole nitrogens is 1. The minimum atomic E-state index is -0.128. The van der Waals surface area contributed by atoms with Gasteiger partial charge in [-0.25, -0.2) is 4.98 Å². The van der Waals surface area contributed by atoms with Crippen LogP contribution in [0, 0.1) is 0 Å². The average Bonchev–Trinajstić information content (AvgIpc) is 3.64. The number of fused-ring (bicyclic) bond motifs is 1. The van der Waals surface area contributed by atoms with Gasteiger partial charge in [0.15, 0.2) is 5.82 Å². The number of aryl methyl sites for hydroxylation is 1. The molecule has 2 aromatic rings. The zero-order valence-electron chi connectivity index (χ0n) is 19.5. The van der Waals surface area contributed by atoms with Gasteiger partial charge in [0, 0.05) is 42.9 Å². The maximum atomic E-state index is 13.2. The highest BCUT2D eigenvalue weighted by atomic mass is 16.2. The Labute approximate surface area is 195 Å². The summed E-state index contributed by atoms with van der Waals surface area (Å²) in [5.74, 6) is 3.28. The lowest BCUT2D eigenvalue weighted by atomic mass is 9.96. The minimum Gasteiger partial charge on any atom is -0.341 e. The van der Waals surface area contributed by atoms with Crippen molar-refractivity contribution in [3.8, 4) is 0 Å². The molecule has 8 heteroatoms. The second-order valence-electron chi connectivity index (χ2n) is 10.2. The molecular formula is C25H35N7O. The van der Waals surface area contributed by atoms with Crippen LogP contribution in [0.15, 0.2) is 6.07 Å². The van der Waals surface area contributed by atoms with Crippen molar-refractivity contribution >= 4 is 23.5 Å². The highest BCUT2D eigenvalue weighted by Gasteiger charge is 2.36. The first-order valence-corrected chi connectivity index (χ1v) is 13.0. The quantitative estimate of drug-likeness (QED) is 0.715. The van der Waals surface area contributed by atoms with Crippen LogP contribution < -0.4 is 10.2 Å². The fourth-order valence-corrected chi connectivity index (χ4v) is 6.19. The van der Waals surface area contributed by atoms with Gasteiger partial charge in [0.2, 0.25) is 11.9 Å². The summed E-state index contributed by atoms with van der Waals surface area (Å²) in [7, 11) is 0. The summed E-state index contributed by atoms with van der Waals surface area (Å²) in [6.07, 6.45) is 13.5. The lowest BCUT2D eigenvalue weighted by Crippen LogP contribution is -2.45. The zero-order valence-corrected chi connectivity index (χ0v) is 19.5. The van der Waals surface area contributed by atoms with Crippen molar-refractivity contribution in [1.29, 1.82) is 0 Å². The first-order valence-electron chi connectivity index (χ1n) is 13.0. The van der Waals surface area contributed by atoms with Gasteiger partial charge in [-0.15, -0.1) is 0 Å². The monoisotopic (exact) mass is 449 g/mol. The largest absolute Gasteiger partial charge is 0.341 e. The number of nitrogens with zero attached hydrogens (tertiary/aromatic N) is 5. The van der Waals surface area contributed by atoms with Crippen LogP contribution in [0.5, 0.6) is 0 Å². The Hall–Kier alpha value is -2.64. The topological polar surface area (TPSA) is 90.0 Å². The Morgan fingerprint density at radius 1 is 0.939 bits per heavy atom. The fourth-order valence-electron chi connectivity index (χ4n) is 6.19. The van der Waals surface area contributed by atoms with E-state index in [2.05, 4.69) is 26.5 Å². The molecule has 4 aliphatic rings. The molecule has 176 valence electrons. The van der Waals surface area contributed by atoms with Gasteiger partial charge >= 0.3 is 0 Å². The number of hydrogen-bond acceptors (Lipinski definition) is 6. The Morgan fingerprint density at radius 3 is 2.61 bits per heavy atom. The van der Waals surface area contributed by atoms with Gasteiger partial charge in [0.25, 0.3) is 0 Å². The molecule has 4 heterocycles. The maximum Gasteiger partial charge on any atom is 0.245 e. The molecule has 6 rings (SSSR count). The van der Waals surface area contributed by atoms with Gasteiger partial charge in [-0.05, 0) is 64.2 Å². The van der Waals surface area contributed by atoms with Crippen LogP contribution in [0.2, 0.25) is 0 Å². The van der Waals surface area contributed by atoms with Crippen molar-refractivity contribution in [2.45, 2.75) is 89.0 Å². The number of carbonyl (C=O) groups is 1. The SMILES string of the molecule is O=C([C@H]1CCCN1c1nc2c(c(Nc3cc(C4CCCC4)[nH]n3)n1)CCCC2)N1CCCC1. The predicted molar refractivity (Wildman–Crippen MR) is 128 cm³/mol. The second kappa shape index (κ2) is 8.95. The number of carbonyl (C=O) groups excluding carboxylic acids is 1. The van der Waals surface area contributed by atoms with Crippen LogP contribution >= 0.6 is 0 Å². The molecule has 1 saturated carbocycles. The van der Waals surface area contributed by atoms with Crippen LogP contribution in [0.3, 0.4) is 0 Å². The first kappa shape index (κ1) is 20.9. The molecule has 3 fully saturated rings. The highest BCUT2D eigenvalue weighted by molar-refractivity contribution is 5.85. The summed E-state index contributed by atoms with van der Waals surface area (Å²) >= 11 is 0. The number of hydrogen-bond donors (Lipinski definition) is 2. The third-order valence-corrected chi connectivity index (χ3v) is 8.02. The van der Waals surface area contributed by atoms with E-state index in [1.165, 1.54) is 36.9 Å². The van der Waals surface area contributed by atoms with Crippen molar-refractivity contribution < 1.29 is 4.79 Å². The number of likely N-dealkylation sites (tertiary alicyclic amines) is 1. The molecule has 1 amide bonds. The maximum absolute atomic E-state index is 13.2. The van der Waals surface area contributed by atoms with E-state index in [-0.39, 0.29) is 11.9 Å². The molecule has 2 aromatic heterocycles. The average molecular weight is 450 g/mol. The summed E-state index contributed by atoms with van der Waals surface area (Å²) in [6.45, 7) is 2.63. The van der Waals surface area contributed by atoms with Crippen LogP contribution in [0.25, 0.3) is 0 Å². The normalized spacial score (nSPS) is 23.3. The third-order valence-electron chi connectivity index (χ3n) is 8.02. The van der Waals surface area contributed by atoms with Crippen LogP contribution in [0.1, 0.15) is 87.1 Å². The highest BCUT2D eigenvalue weighted by Crippen LogP contribution is 2.35. The van der Waals surface area contributed by atoms with E-state index in [9.17, 15) is 4.79 Å². The molecule has 0 spiro atoms. The number of aromatic nitrogens is 4. The molecule has 2 aliphatic heterocycles. The van der Waals surface area contributed by atoms with E-state index in [0.717, 1.165) is 88.3 Å². The summed E-state index contributed by atoms with van der Waals surface area (Å²) < 4.78 is 0. The van der Waals surface area contributed by atoms with Crippen molar-refractivity contribution in [2.24, 2.45) is 0 Å². The predicted octanol–water partition coefficient (Wildman–Crippen LogP) is 4.07. The number of aromatic amines is 1. The Morgan fingerprint density at radius 2 is 1.76 bits per heavy atom. The zero-order chi connectivity index (χ0) is 22.2. The van der Waals surface area contributed by atoms with Gasteiger partial charge in [-0.2, -0.15) is 10.1 Å². The van der Waals surface area contributed by atoms with Gasteiger partial charge in [0.1, 0.15) is 11.9 Å². The molecule has 2 saturated heterocycles. The van der Waals surface area contributed by atoms with E-state index in [4.69, 9.17) is 9.97 Å². The van der Waals surface area contributed by atoms with Crippen molar-refractivity contribution in [1.82, 2.24) is 25.1 Å². The number of anilines is 3. The van der Waals surface area contributed by atoms with Crippen molar-refractivity contribution in [3.63, 3.8) is 0 Å². The Balaban J connectivity index is 1.28. The molecule has 1 atom stereocenters. The van der Waals surface area contributed by atoms with Crippen molar-refractivity contribution in [2.75, 3.05) is 29.9 Å². The lowest BCUT2D eigenvalue weighted by Gasteiger charge is -2.29. The summed E-state index contributed by atoms with van der Waals surface area (Å²) in [5, 5.41) is 11.3. The summed E-state index contributed by atoms with van der Waals surface area (Å²) in [4.78, 5) is 27.4. The van der Waals surface area contributed by atoms with Crippen molar-refractivity contribution in [3.05, 3.63) is 23.0 Å². The Kier molecular flexibility index (Phi) is 5.68. The fraction of sp³-hybridized carbons (Fsp3) is 0.680. The summed E-state index contributed by atoms with van der Waals surface area (Å²) in [6, 6.07) is 2.03. The van der Waals surface area contributed by atoms with Gasteiger partial charge in [-0.1, -0.05) is 12.8 Å². The van der Waals surface area contributed by atoms with E-state index in [1.807, 2.05) is 4.90 Å². The molecular weight excluding hydrogens is 414 g/mol. The molecule has 0 radical (unpaired) electrons. The molecule has 0 bridgehead atoms. The van der Waals surface area contributed by atoms with Crippen LogP contribution in [-0.4, -0.2) is 56.6 Å². The standard InChI is InChI=1S/C25H35N7O/c33-24(31-13-5-6-14-31)21-12-7-15-32(21)25-26-19-11-4-3-10-18(19)23(28-25)27-22-16-20(29-30-22)17-8-1-2-9-17/h16-17,21H,1-15H2,(H2,26,27,28,29,30)/t21-/m1/s1. The van der Waals surface area contributed by atoms with Gasteiger partial charge in [-0.3, -0.25) is 9.89 Å². The number of amides is 1. The number of nitrogens with one attached hydrogen (secondary N) is 2. The van der Waals surface area contributed by atoms with Gasteiger partial charge < -0.3 is 15.1 Å². The number of rotatable bonds is 5. The summed E-state index contributed by atoms with van der Waals surface area (Å²) in [5.41, 5.74) is 3.59. The molecule has 0 aromatic carbocycles. The molecule has 2 aliphatic carbocycles. The Bertz CT molecular complexity index is 1010. The van der Waals surface area contributed by atoms with E-state index in [1.54, 1.807) is 0 Å². The van der Waals surface area contributed by atoms with Crippen LogP contribution in [0.4, 0.5) is 17.6 Å².